The first-order valence-corrected chi connectivity index (χ1v) is 5.68. The highest BCUT2D eigenvalue weighted by molar-refractivity contribution is 9.10. The Hall–Kier alpha value is -1.60. The third-order valence-electron chi connectivity index (χ3n) is 2.39. The number of pyridine rings is 1. The van der Waals surface area contributed by atoms with Crippen LogP contribution in [0.3, 0.4) is 0 Å². The number of hydrogen-bond acceptors (Lipinski definition) is 2. The van der Waals surface area contributed by atoms with Gasteiger partial charge in [0, 0.05) is 22.0 Å². The number of nitriles is 1. The Kier molecular flexibility index (Phi) is 3.07. The largest absolute Gasteiger partial charge is 0.322 e. The molecule has 3 nitrogen and oxygen atoms in total. The van der Waals surface area contributed by atoms with Crippen molar-refractivity contribution in [2.24, 2.45) is 0 Å². The number of fused-ring (bicyclic) bond motifs is 1. The molecule has 0 amide bonds. The molecule has 0 fully saturated rings. The van der Waals surface area contributed by atoms with Crippen LogP contribution in [0.5, 0.6) is 0 Å². The normalized spacial score (nSPS) is 10.2. The summed E-state index contributed by atoms with van der Waals surface area (Å²) in [4.78, 5) is 14.5. The SMILES string of the molecule is N#CCCc1cc2cc(Br)ccc2[nH]c1=O. The van der Waals surface area contributed by atoms with Gasteiger partial charge in [0.25, 0.3) is 5.56 Å². The molecule has 4 heteroatoms. The van der Waals surface area contributed by atoms with Crippen LogP contribution < -0.4 is 5.56 Å². The number of nitrogens with zero attached hydrogens (tertiary/aromatic N) is 1. The molecule has 2 rings (SSSR count). The third-order valence-corrected chi connectivity index (χ3v) is 2.88. The van der Waals surface area contributed by atoms with Crippen LogP contribution in [-0.2, 0) is 6.42 Å². The molecule has 0 spiro atoms. The van der Waals surface area contributed by atoms with E-state index in [1.54, 1.807) is 0 Å². The van der Waals surface area contributed by atoms with Crippen molar-refractivity contribution in [1.29, 1.82) is 5.26 Å². The smallest absolute Gasteiger partial charge is 0.251 e. The molecule has 0 atom stereocenters. The Bertz CT molecular complexity index is 625. The fraction of sp³-hybridized carbons (Fsp3) is 0.167. The van der Waals surface area contributed by atoms with E-state index in [4.69, 9.17) is 5.26 Å². The van der Waals surface area contributed by atoms with Gasteiger partial charge in [-0.25, -0.2) is 0 Å². The van der Waals surface area contributed by atoms with Gasteiger partial charge in [-0.05, 0) is 36.1 Å². The third kappa shape index (κ3) is 2.15. The molecule has 0 saturated heterocycles. The molecule has 2 aromatic rings. The van der Waals surface area contributed by atoms with Gasteiger partial charge in [0.15, 0.2) is 0 Å². The second-order valence-corrected chi connectivity index (χ2v) is 4.43. The van der Waals surface area contributed by atoms with E-state index >= 15 is 0 Å². The summed E-state index contributed by atoms with van der Waals surface area (Å²) in [5.41, 5.74) is 1.37. The number of halogens is 1. The van der Waals surface area contributed by atoms with Crippen LogP contribution in [0, 0.1) is 11.3 Å². The van der Waals surface area contributed by atoms with E-state index in [9.17, 15) is 4.79 Å². The lowest BCUT2D eigenvalue weighted by atomic mass is 10.1. The minimum Gasteiger partial charge on any atom is -0.322 e. The maximum Gasteiger partial charge on any atom is 0.251 e. The summed E-state index contributed by atoms with van der Waals surface area (Å²) in [5, 5.41) is 9.48. The number of nitrogens with one attached hydrogen (secondary N) is 1. The maximum absolute atomic E-state index is 11.6. The van der Waals surface area contributed by atoms with Gasteiger partial charge >= 0.3 is 0 Å². The molecular weight excluding hydrogens is 268 g/mol. The van der Waals surface area contributed by atoms with Crippen LogP contribution in [-0.4, -0.2) is 4.98 Å². The van der Waals surface area contributed by atoms with Crippen molar-refractivity contribution in [1.82, 2.24) is 4.98 Å². The molecule has 0 aliphatic heterocycles. The summed E-state index contributed by atoms with van der Waals surface area (Å²) in [6, 6.07) is 9.57. The van der Waals surface area contributed by atoms with Crippen molar-refractivity contribution >= 4 is 26.8 Å². The number of H-pyrrole nitrogens is 1. The molecule has 0 radical (unpaired) electrons. The molecule has 0 unspecified atom stereocenters. The zero-order chi connectivity index (χ0) is 11.5. The van der Waals surface area contributed by atoms with Gasteiger partial charge < -0.3 is 4.98 Å². The summed E-state index contributed by atoms with van der Waals surface area (Å²) in [6.45, 7) is 0. The summed E-state index contributed by atoms with van der Waals surface area (Å²) in [6.07, 6.45) is 0.858. The van der Waals surface area contributed by atoms with Gasteiger partial charge in [0.2, 0.25) is 0 Å². The Balaban J connectivity index is 2.56. The molecule has 1 aromatic heterocycles. The van der Waals surface area contributed by atoms with Crippen LogP contribution in [0.1, 0.15) is 12.0 Å². The zero-order valence-electron chi connectivity index (χ0n) is 8.46. The first-order valence-electron chi connectivity index (χ1n) is 4.89. The predicted molar refractivity (Wildman–Crippen MR) is 66.2 cm³/mol. The number of rotatable bonds is 2. The summed E-state index contributed by atoms with van der Waals surface area (Å²) in [7, 11) is 0. The van der Waals surface area contributed by atoms with E-state index in [1.165, 1.54) is 0 Å². The summed E-state index contributed by atoms with van der Waals surface area (Å²) in [5.74, 6) is 0. The lowest BCUT2D eigenvalue weighted by Crippen LogP contribution is -2.11. The van der Waals surface area contributed by atoms with Crippen molar-refractivity contribution in [3.63, 3.8) is 0 Å². The van der Waals surface area contributed by atoms with Crippen molar-refractivity contribution in [2.45, 2.75) is 12.8 Å². The first kappa shape index (κ1) is 10.9. The summed E-state index contributed by atoms with van der Waals surface area (Å²) < 4.78 is 0.971. The highest BCUT2D eigenvalue weighted by Crippen LogP contribution is 2.17. The molecule has 1 N–H and O–H groups in total. The van der Waals surface area contributed by atoms with Gasteiger partial charge in [-0.2, -0.15) is 5.26 Å². The van der Waals surface area contributed by atoms with Crippen molar-refractivity contribution in [2.75, 3.05) is 0 Å². The monoisotopic (exact) mass is 276 g/mol. The van der Waals surface area contributed by atoms with E-state index in [1.807, 2.05) is 30.3 Å². The molecule has 0 aliphatic carbocycles. The highest BCUT2D eigenvalue weighted by atomic mass is 79.9. The van der Waals surface area contributed by atoms with Gasteiger partial charge in [0.1, 0.15) is 0 Å². The van der Waals surface area contributed by atoms with E-state index in [0.717, 1.165) is 15.4 Å². The molecule has 1 aromatic carbocycles. The number of benzene rings is 1. The minimum atomic E-state index is -0.106. The zero-order valence-corrected chi connectivity index (χ0v) is 10.0. The van der Waals surface area contributed by atoms with Crippen LogP contribution >= 0.6 is 15.9 Å². The summed E-state index contributed by atoms with van der Waals surface area (Å²) >= 11 is 3.38. The predicted octanol–water partition coefficient (Wildman–Crippen LogP) is 2.75. The van der Waals surface area contributed by atoms with Gasteiger partial charge in [-0.1, -0.05) is 15.9 Å². The molecule has 0 aliphatic rings. The van der Waals surface area contributed by atoms with Crippen LogP contribution in [0.15, 0.2) is 33.5 Å². The molecular formula is C12H9BrN2O. The fourth-order valence-corrected chi connectivity index (χ4v) is 1.98. The average Bonchev–Trinajstić information content (AvgIpc) is 2.27. The van der Waals surface area contributed by atoms with Crippen LogP contribution in [0.4, 0.5) is 0 Å². The highest BCUT2D eigenvalue weighted by Gasteiger charge is 2.02. The van der Waals surface area contributed by atoms with Crippen molar-refractivity contribution in [3.8, 4) is 6.07 Å². The Morgan fingerprint density at radius 1 is 1.38 bits per heavy atom. The van der Waals surface area contributed by atoms with Crippen LogP contribution in [0.25, 0.3) is 10.9 Å². The second kappa shape index (κ2) is 4.50. The van der Waals surface area contributed by atoms with E-state index in [-0.39, 0.29) is 5.56 Å². The molecule has 0 bridgehead atoms. The lowest BCUT2D eigenvalue weighted by Gasteiger charge is -2.01. The second-order valence-electron chi connectivity index (χ2n) is 3.51. The first-order chi connectivity index (χ1) is 7.70. The number of hydrogen-bond donors (Lipinski definition) is 1. The Morgan fingerprint density at radius 3 is 2.94 bits per heavy atom. The van der Waals surface area contributed by atoms with E-state index in [2.05, 4.69) is 20.9 Å². The fourth-order valence-electron chi connectivity index (χ4n) is 1.60. The van der Waals surface area contributed by atoms with E-state index in [0.29, 0.717) is 18.4 Å². The Labute approximate surface area is 101 Å². The van der Waals surface area contributed by atoms with Gasteiger partial charge in [0.05, 0.1) is 6.07 Å². The topological polar surface area (TPSA) is 56.6 Å². The molecule has 1 heterocycles. The molecule has 80 valence electrons. The minimum absolute atomic E-state index is 0.106. The average molecular weight is 277 g/mol. The molecule has 0 saturated carbocycles. The number of aromatic nitrogens is 1. The lowest BCUT2D eigenvalue weighted by molar-refractivity contribution is 0.983. The van der Waals surface area contributed by atoms with E-state index < -0.39 is 0 Å². The van der Waals surface area contributed by atoms with Crippen molar-refractivity contribution in [3.05, 3.63) is 44.7 Å². The van der Waals surface area contributed by atoms with Crippen LogP contribution in [0.2, 0.25) is 0 Å². The van der Waals surface area contributed by atoms with Gasteiger partial charge in [-0.3, -0.25) is 4.79 Å². The Morgan fingerprint density at radius 2 is 2.19 bits per heavy atom. The quantitative estimate of drug-likeness (QED) is 0.917. The standard InChI is InChI=1S/C12H9BrN2O/c13-10-3-4-11-9(7-10)6-8(2-1-5-14)12(16)15-11/h3-4,6-7H,1-2H2,(H,15,16). The number of aryl methyl sites for hydroxylation is 1. The van der Waals surface area contributed by atoms with Crippen molar-refractivity contribution < 1.29 is 0 Å². The maximum atomic E-state index is 11.6. The van der Waals surface area contributed by atoms with Gasteiger partial charge in [-0.15, -0.1) is 0 Å². The molecule has 16 heavy (non-hydrogen) atoms. The number of aromatic amines is 1.